The van der Waals surface area contributed by atoms with Crippen molar-refractivity contribution < 1.29 is 48.6 Å². The molecule has 4 aliphatic heterocycles. The van der Waals surface area contributed by atoms with Crippen molar-refractivity contribution in [2.75, 3.05) is 12.4 Å². The summed E-state index contributed by atoms with van der Waals surface area (Å²) in [4.78, 5) is 48.2. The monoisotopic (exact) mass is 810 g/mol. The molecule has 0 saturated carbocycles. The largest absolute Gasteiger partial charge is 0.507 e. The van der Waals surface area contributed by atoms with E-state index in [9.17, 15) is 34.8 Å². The number of ether oxygens (including phenoxy) is 3. The number of carbonyl (C=O) groups is 2. The summed E-state index contributed by atoms with van der Waals surface area (Å²) in [5.74, 6) is -6.41. The van der Waals surface area contributed by atoms with Gasteiger partial charge in [-0.15, -0.1) is 6.58 Å². The van der Waals surface area contributed by atoms with Crippen LogP contribution in [0.1, 0.15) is 74.2 Å². The summed E-state index contributed by atoms with van der Waals surface area (Å²) in [6.45, 7) is 19.1. The second-order valence-electron chi connectivity index (χ2n) is 16.3. The highest BCUT2D eigenvalue weighted by Gasteiger charge is 2.50. The number of phenols is 1. The van der Waals surface area contributed by atoms with Crippen molar-refractivity contribution in [1.29, 1.82) is 0 Å². The SMILES string of the molecule is C=CCc1c(C)c(C)cc2nc3c4c5c6c(C)c(O)c4c(=O)c(c-3oc12)NC(=O)/C(C)=C\C=C\[C@H](C)[C@H](O)[C@@H](C)[C@@H](O)[C@@H](C)[C@H](O)[C@H](C)[C@@H](OC)/C=C/O[C@@](C)(O6)C5=O. The number of rotatable bonds is 3. The zero-order valence-electron chi connectivity index (χ0n) is 35.2. The Morgan fingerprint density at radius 3 is 2.27 bits per heavy atom. The molecule has 0 spiro atoms. The van der Waals surface area contributed by atoms with E-state index in [-0.39, 0.29) is 50.4 Å². The highest BCUT2D eigenvalue weighted by molar-refractivity contribution is 6.22. The molecule has 314 valence electrons. The summed E-state index contributed by atoms with van der Waals surface area (Å²) in [6.07, 6.45) is 5.69. The topological polar surface area (TPSA) is 198 Å². The van der Waals surface area contributed by atoms with Gasteiger partial charge in [0.2, 0.25) is 5.43 Å². The molecule has 5 N–H and O–H groups in total. The van der Waals surface area contributed by atoms with Gasteiger partial charge in [-0.1, -0.05) is 52.0 Å². The van der Waals surface area contributed by atoms with Crippen LogP contribution in [-0.2, 0) is 20.7 Å². The number of benzene rings is 3. The molecule has 2 aromatic rings. The molecule has 0 fully saturated rings. The van der Waals surface area contributed by atoms with E-state index in [2.05, 4.69) is 11.9 Å². The molecule has 59 heavy (non-hydrogen) atoms. The smallest absolute Gasteiger partial charge is 0.312 e. The number of hydrogen-bond acceptors (Lipinski definition) is 12. The Balaban J connectivity index is 1.64. The molecule has 0 radical (unpaired) electrons. The van der Waals surface area contributed by atoms with Gasteiger partial charge in [-0.2, -0.15) is 0 Å². The minimum absolute atomic E-state index is 0.0185. The molecule has 0 unspecified atom stereocenters. The van der Waals surface area contributed by atoms with E-state index in [4.69, 9.17) is 23.6 Å². The molecular formula is C46H54N2O11. The summed E-state index contributed by atoms with van der Waals surface area (Å²) < 4.78 is 24.5. The third kappa shape index (κ3) is 7.34. The summed E-state index contributed by atoms with van der Waals surface area (Å²) in [5, 5.41) is 48.1. The second-order valence-corrected chi connectivity index (χ2v) is 16.3. The van der Waals surface area contributed by atoms with Crippen LogP contribution in [0.15, 0.2) is 64.1 Å². The van der Waals surface area contributed by atoms with E-state index in [1.165, 1.54) is 39.4 Å². The number of Topliss-reactive ketones (excluding diaryl/α,β-unsaturated/α-hetero) is 1. The maximum atomic E-state index is 14.7. The van der Waals surface area contributed by atoms with Gasteiger partial charge in [0.05, 0.1) is 41.6 Å². The van der Waals surface area contributed by atoms with Crippen molar-refractivity contribution in [3.8, 4) is 23.0 Å². The third-order valence-electron chi connectivity index (χ3n) is 12.4. The van der Waals surface area contributed by atoms with E-state index >= 15 is 0 Å². The summed E-state index contributed by atoms with van der Waals surface area (Å²) in [6, 6.07) is 1.82. The standard InChI is InChI=1S/C46H54N2O11/c1-12-14-28-23(5)22(4)19-29-42(28)58-43-34(47-29)31-32-39(52)27(9)41-33(31)44(54)46(10,59-41)57-18-17-30(56-11)24(6)37(50)26(8)38(51)25(7)36(49)20(2)15-13-16-21(3)45(55)48-35(43)40(32)53/h12-13,15-20,24-26,30,36-38,49-52H,1,14H2,2-11H3,(H,48,55)/b15-13+,18-17+,21-16-/t20-,24+,25+,26-,30-,36-,37+,38+,46-/m0/s1. The van der Waals surface area contributed by atoms with Crippen LogP contribution >= 0.6 is 0 Å². The number of ketones is 1. The van der Waals surface area contributed by atoms with Crippen molar-refractivity contribution in [3.63, 3.8) is 0 Å². The Morgan fingerprint density at radius 1 is 0.949 bits per heavy atom. The van der Waals surface area contributed by atoms with Gasteiger partial charge in [0, 0.05) is 59.8 Å². The second kappa shape index (κ2) is 16.4. The maximum Gasteiger partial charge on any atom is 0.312 e. The number of methoxy groups -OCH3 is 1. The number of aliphatic hydroxyl groups is 3. The Labute approximate surface area is 343 Å². The summed E-state index contributed by atoms with van der Waals surface area (Å²) >= 11 is 0. The van der Waals surface area contributed by atoms with E-state index in [0.29, 0.717) is 17.5 Å². The van der Waals surface area contributed by atoms with Gasteiger partial charge < -0.3 is 44.4 Å². The zero-order valence-corrected chi connectivity index (χ0v) is 35.2. The molecule has 0 aromatic heterocycles. The predicted molar refractivity (Wildman–Crippen MR) is 225 cm³/mol. The molecule has 1 aliphatic carbocycles. The van der Waals surface area contributed by atoms with Gasteiger partial charge in [0.15, 0.2) is 11.3 Å². The first-order valence-corrected chi connectivity index (χ1v) is 19.8. The Bertz CT molecular complexity index is 2480. The molecule has 13 nitrogen and oxygen atoms in total. The quantitative estimate of drug-likeness (QED) is 0.0833. The number of aromatic hydroxyl groups is 1. The molecule has 0 saturated heterocycles. The fourth-order valence-electron chi connectivity index (χ4n) is 8.24. The van der Waals surface area contributed by atoms with Crippen LogP contribution in [0.5, 0.6) is 11.5 Å². The number of anilines is 1. The van der Waals surface area contributed by atoms with Crippen molar-refractivity contribution in [2.24, 2.45) is 23.7 Å². The number of amides is 1. The van der Waals surface area contributed by atoms with Crippen molar-refractivity contribution in [1.82, 2.24) is 4.98 Å². The highest BCUT2D eigenvalue weighted by atomic mass is 16.7. The van der Waals surface area contributed by atoms with E-state index in [0.717, 1.165) is 16.7 Å². The number of aliphatic hydroxyl groups excluding tert-OH is 3. The number of allylic oxidation sites excluding steroid dienone is 3. The third-order valence-corrected chi connectivity index (χ3v) is 12.4. The molecule has 7 rings (SSSR count). The first kappa shape index (κ1) is 43.2. The van der Waals surface area contributed by atoms with Gasteiger partial charge >= 0.3 is 5.79 Å². The lowest BCUT2D eigenvalue weighted by atomic mass is 9.78. The number of fused-ring (bicyclic) bond motifs is 14. The molecule has 5 aliphatic rings. The van der Waals surface area contributed by atoms with Crippen LogP contribution in [0.3, 0.4) is 0 Å². The first-order chi connectivity index (χ1) is 27.8. The minimum atomic E-state index is -2.00. The van der Waals surface area contributed by atoms with Gasteiger partial charge in [-0.25, -0.2) is 4.98 Å². The Hall–Kier alpha value is -5.34. The Morgan fingerprint density at radius 2 is 1.61 bits per heavy atom. The van der Waals surface area contributed by atoms with Gasteiger partial charge in [-0.05, 0) is 57.4 Å². The van der Waals surface area contributed by atoms with Crippen molar-refractivity contribution >= 4 is 39.2 Å². The number of aromatic nitrogens is 1. The lowest BCUT2D eigenvalue weighted by molar-refractivity contribution is -0.112. The molecule has 9 atom stereocenters. The van der Waals surface area contributed by atoms with E-state index in [1.807, 2.05) is 19.9 Å². The summed E-state index contributed by atoms with van der Waals surface area (Å²) in [5.41, 5.74) is 2.44. The van der Waals surface area contributed by atoms with E-state index in [1.54, 1.807) is 52.8 Å². The van der Waals surface area contributed by atoms with Crippen LogP contribution in [0.4, 0.5) is 5.69 Å². The number of nitrogens with zero attached hydrogens (tertiary/aromatic N) is 1. The number of nitrogens with one attached hydrogen (secondary N) is 1. The van der Waals surface area contributed by atoms with Crippen LogP contribution < -0.4 is 15.5 Å². The lowest BCUT2D eigenvalue weighted by Gasteiger charge is -2.36. The van der Waals surface area contributed by atoms with Crippen LogP contribution in [0.2, 0.25) is 0 Å². The van der Waals surface area contributed by atoms with Crippen LogP contribution in [0, 0.1) is 44.4 Å². The molecular weight excluding hydrogens is 757 g/mol. The molecule has 1 amide bonds. The van der Waals surface area contributed by atoms with Crippen molar-refractivity contribution in [3.05, 3.63) is 92.9 Å². The average Bonchev–Trinajstić information content (AvgIpc) is 3.47. The predicted octanol–water partition coefficient (Wildman–Crippen LogP) is 6.72. The van der Waals surface area contributed by atoms with Crippen LogP contribution in [-0.4, -0.2) is 74.4 Å². The highest BCUT2D eigenvalue weighted by Crippen LogP contribution is 2.50. The summed E-state index contributed by atoms with van der Waals surface area (Å²) in [7, 11) is 1.45. The lowest BCUT2D eigenvalue weighted by Crippen LogP contribution is -2.44. The number of hydrogen-bond donors (Lipinski definition) is 5. The van der Waals surface area contributed by atoms with Gasteiger partial charge in [0.25, 0.3) is 11.7 Å². The molecule has 5 bridgehead atoms. The number of aryl methyl sites for hydroxylation is 1. The van der Waals surface area contributed by atoms with Gasteiger partial charge in [0.1, 0.15) is 28.4 Å². The average molecular weight is 811 g/mol. The fourth-order valence-corrected chi connectivity index (χ4v) is 8.24. The minimum Gasteiger partial charge on any atom is -0.507 e. The fraction of sp³-hybridized carbons (Fsp3) is 0.435. The first-order valence-electron chi connectivity index (χ1n) is 19.8. The van der Waals surface area contributed by atoms with Crippen LogP contribution in [0.25, 0.3) is 33.3 Å². The number of phenolic OH excluding ortho intramolecular Hbond substituents is 1. The van der Waals surface area contributed by atoms with Crippen molar-refractivity contribution in [2.45, 2.75) is 98.9 Å². The van der Waals surface area contributed by atoms with E-state index < -0.39 is 76.7 Å². The Kier molecular flexibility index (Phi) is 12.0. The maximum absolute atomic E-state index is 14.7. The zero-order chi connectivity index (χ0) is 43.4. The molecule has 2 aromatic carbocycles. The van der Waals surface area contributed by atoms with Gasteiger partial charge in [-0.3, -0.25) is 14.4 Å². The number of carbonyl (C=O) groups excluding carboxylic acids is 2. The molecule has 13 heteroatoms. The molecule has 4 heterocycles. The normalized spacial score (nSPS) is 30.2.